The molecule has 0 bridgehead atoms. The maximum absolute atomic E-state index is 11.8. The Bertz CT molecular complexity index is 583. The van der Waals surface area contributed by atoms with Crippen molar-refractivity contribution in [3.05, 3.63) is 47.3 Å². The quantitative estimate of drug-likeness (QED) is 0.628. The number of ether oxygens (including phenoxy) is 1. The van der Waals surface area contributed by atoms with Crippen molar-refractivity contribution in [2.45, 2.75) is 25.8 Å². The molecule has 1 heterocycles. The molecule has 0 spiro atoms. The highest BCUT2D eigenvalue weighted by Crippen LogP contribution is 2.21. The van der Waals surface area contributed by atoms with Crippen molar-refractivity contribution in [3.8, 4) is 0 Å². The lowest BCUT2D eigenvalue weighted by molar-refractivity contribution is 0.0518. The molecule has 0 amide bonds. The minimum Gasteiger partial charge on any atom is -0.461 e. The second-order valence-electron chi connectivity index (χ2n) is 4.27. The second-order valence-corrected chi connectivity index (χ2v) is 4.54. The number of carbonyl (C=O) groups is 1. The summed E-state index contributed by atoms with van der Waals surface area (Å²) in [5, 5.41) is 7.95. The first-order chi connectivity index (χ1) is 9.69. The van der Waals surface area contributed by atoms with Gasteiger partial charge in [-0.3, -0.25) is 0 Å². The van der Waals surface area contributed by atoms with E-state index in [9.17, 15) is 4.79 Å². The lowest BCUT2D eigenvalue weighted by atomic mass is 10.1. The predicted molar refractivity (Wildman–Crippen MR) is 75.8 cm³/mol. The smallest absolute Gasteiger partial charge is 0.360 e. The van der Waals surface area contributed by atoms with E-state index >= 15 is 0 Å². The predicted octanol–water partition coefficient (Wildman–Crippen LogP) is 2.80. The minimum absolute atomic E-state index is 0.0550. The third-order valence-electron chi connectivity index (χ3n) is 3.04. The lowest BCUT2D eigenvalue weighted by Gasteiger charge is -2.14. The summed E-state index contributed by atoms with van der Waals surface area (Å²) in [4.78, 5) is 11.8. The van der Waals surface area contributed by atoms with Crippen molar-refractivity contribution in [2.75, 3.05) is 6.61 Å². The van der Waals surface area contributed by atoms with Crippen LogP contribution in [-0.2, 0) is 10.6 Å². The molecule has 1 unspecified atom stereocenters. The highest BCUT2D eigenvalue weighted by molar-refractivity contribution is 6.17. The fourth-order valence-corrected chi connectivity index (χ4v) is 2.23. The normalized spacial score (nSPS) is 12.2. The topological polar surface area (TPSA) is 57.0 Å². The summed E-state index contributed by atoms with van der Waals surface area (Å²) in [6.45, 7) is 4.02. The molecule has 1 aromatic carbocycles. The van der Waals surface area contributed by atoms with Crippen molar-refractivity contribution < 1.29 is 9.53 Å². The van der Waals surface area contributed by atoms with Crippen molar-refractivity contribution in [2.24, 2.45) is 0 Å². The number of esters is 1. The number of rotatable bonds is 5. The first-order valence-electron chi connectivity index (χ1n) is 6.41. The molecule has 0 aliphatic carbocycles. The molecular formula is C14H16ClN3O2. The number of alkyl halides is 1. The fourth-order valence-electron chi connectivity index (χ4n) is 1.98. The summed E-state index contributed by atoms with van der Waals surface area (Å²) < 4.78 is 6.62. The van der Waals surface area contributed by atoms with Crippen LogP contribution in [0.5, 0.6) is 0 Å². The zero-order valence-corrected chi connectivity index (χ0v) is 12.2. The summed E-state index contributed by atoms with van der Waals surface area (Å²) in [5.41, 5.74) is 1.82. The van der Waals surface area contributed by atoms with E-state index in [4.69, 9.17) is 16.3 Å². The van der Waals surface area contributed by atoms with Gasteiger partial charge in [0.1, 0.15) is 0 Å². The Balaban J connectivity index is 2.36. The lowest BCUT2D eigenvalue weighted by Crippen LogP contribution is -2.13. The molecule has 5 nitrogen and oxygen atoms in total. The van der Waals surface area contributed by atoms with E-state index in [-0.39, 0.29) is 17.6 Å². The van der Waals surface area contributed by atoms with Gasteiger partial charge >= 0.3 is 5.97 Å². The SMILES string of the molecule is CCOC(=O)c1nnn(C(C)c2ccccc2)c1CCl. The van der Waals surface area contributed by atoms with Gasteiger partial charge < -0.3 is 4.74 Å². The standard InChI is InChI=1S/C14H16ClN3O2/c1-3-20-14(19)13-12(9-15)18(17-16-13)10(2)11-7-5-4-6-8-11/h4-8,10H,3,9H2,1-2H3. The summed E-state index contributed by atoms with van der Waals surface area (Å²) in [5.74, 6) is -0.340. The molecule has 106 valence electrons. The van der Waals surface area contributed by atoms with Crippen LogP contribution in [0.25, 0.3) is 0 Å². The van der Waals surface area contributed by atoms with Crippen LogP contribution in [0.1, 0.15) is 41.6 Å². The van der Waals surface area contributed by atoms with E-state index in [2.05, 4.69) is 10.3 Å². The molecular weight excluding hydrogens is 278 g/mol. The Kier molecular flexibility index (Phi) is 4.74. The maximum Gasteiger partial charge on any atom is 0.360 e. The van der Waals surface area contributed by atoms with E-state index in [0.29, 0.717) is 12.3 Å². The summed E-state index contributed by atoms with van der Waals surface area (Å²) in [7, 11) is 0. The molecule has 2 aromatic rings. The second kappa shape index (κ2) is 6.52. The number of carbonyl (C=O) groups excluding carboxylic acids is 1. The number of nitrogens with zero attached hydrogens (tertiary/aromatic N) is 3. The Morgan fingerprint density at radius 1 is 1.40 bits per heavy atom. The van der Waals surface area contributed by atoms with Gasteiger partial charge in [-0.15, -0.1) is 16.7 Å². The third kappa shape index (κ3) is 2.82. The number of halogens is 1. The fraction of sp³-hybridized carbons (Fsp3) is 0.357. The van der Waals surface area contributed by atoms with Crippen LogP contribution < -0.4 is 0 Å². The maximum atomic E-state index is 11.8. The van der Waals surface area contributed by atoms with E-state index in [1.54, 1.807) is 11.6 Å². The van der Waals surface area contributed by atoms with E-state index < -0.39 is 5.97 Å². The van der Waals surface area contributed by atoms with Crippen LogP contribution in [0.2, 0.25) is 0 Å². The first kappa shape index (κ1) is 14.5. The van der Waals surface area contributed by atoms with E-state index in [0.717, 1.165) is 5.56 Å². The average molecular weight is 294 g/mol. The van der Waals surface area contributed by atoms with Crippen molar-refractivity contribution in [3.63, 3.8) is 0 Å². The number of hydrogen-bond acceptors (Lipinski definition) is 4. The molecule has 20 heavy (non-hydrogen) atoms. The number of benzene rings is 1. The van der Waals surface area contributed by atoms with Gasteiger partial charge in [-0.1, -0.05) is 35.5 Å². The average Bonchev–Trinajstić information content (AvgIpc) is 2.91. The van der Waals surface area contributed by atoms with Gasteiger partial charge in [0.05, 0.1) is 24.2 Å². The summed E-state index contributed by atoms with van der Waals surface area (Å²) in [6.07, 6.45) is 0. The molecule has 0 fully saturated rings. The Labute approximate surface area is 122 Å². The van der Waals surface area contributed by atoms with Crippen LogP contribution in [0, 0.1) is 0 Å². The van der Waals surface area contributed by atoms with Crippen LogP contribution in [0.4, 0.5) is 0 Å². The van der Waals surface area contributed by atoms with E-state index in [1.807, 2.05) is 37.3 Å². The van der Waals surface area contributed by atoms with Gasteiger partial charge in [-0.25, -0.2) is 9.48 Å². The number of aromatic nitrogens is 3. The van der Waals surface area contributed by atoms with Crippen molar-refractivity contribution in [1.29, 1.82) is 0 Å². The molecule has 0 saturated carbocycles. The minimum atomic E-state index is -0.491. The molecule has 0 radical (unpaired) electrons. The Hall–Kier alpha value is -1.88. The molecule has 6 heteroatoms. The summed E-state index contributed by atoms with van der Waals surface area (Å²) in [6, 6.07) is 9.79. The highest BCUT2D eigenvalue weighted by atomic mass is 35.5. The first-order valence-corrected chi connectivity index (χ1v) is 6.94. The van der Waals surface area contributed by atoms with Crippen LogP contribution in [0.15, 0.2) is 30.3 Å². The zero-order chi connectivity index (χ0) is 14.5. The highest BCUT2D eigenvalue weighted by Gasteiger charge is 2.23. The molecule has 2 rings (SSSR count). The Morgan fingerprint density at radius 3 is 2.70 bits per heavy atom. The molecule has 1 atom stereocenters. The van der Waals surface area contributed by atoms with Crippen molar-refractivity contribution in [1.82, 2.24) is 15.0 Å². The molecule has 1 aromatic heterocycles. The Morgan fingerprint density at radius 2 is 2.10 bits per heavy atom. The van der Waals surface area contributed by atoms with Crippen molar-refractivity contribution >= 4 is 17.6 Å². The van der Waals surface area contributed by atoms with Crippen LogP contribution >= 0.6 is 11.6 Å². The number of hydrogen-bond donors (Lipinski definition) is 0. The van der Waals surface area contributed by atoms with Gasteiger partial charge in [-0.05, 0) is 19.4 Å². The molecule has 0 aliphatic heterocycles. The van der Waals surface area contributed by atoms with Gasteiger partial charge in [0.15, 0.2) is 5.69 Å². The van der Waals surface area contributed by atoms with Gasteiger partial charge in [-0.2, -0.15) is 0 Å². The monoisotopic (exact) mass is 293 g/mol. The third-order valence-corrected chi connectivity index (χ3v) is 3.29. The summed E-state index contributed by atoms with van der Waals surface area (Å²) >= 11 is 5.95. The van der Waals surface area contributed by atoms with Crippen LogP contribution in [-0.4, -0.2) is 27.6 Å². The van der Waals surface area contributed by atoms with E-state index in [1.165, 1.54) is 0 Å². The molecule has 0 N–H and O–H groups in total. The van der Waals surface area contributed by atoms with Crippen LogP contribution in [0.3, 0.4) is 0 Å². The van der Waals surface area contributed by atoms with Gasteiger partial charge in [0.25, 0.3) is 0 Å². The largest absolute Gasteiger partial charge is 0.461 e. The molecule has 0 saturated heterocycles. The zero-order valence-electron chi connectivity index (χ0n) is 11.4. The van der Waals surface area contributed by atoms with Gasteiger partial charge in [0, 0.05) is 0 Å². The molecule has 0 aliphatic rings. The van der Waals surface area contributed by atoms with Gasteiger partial charge in [0.2, 0.25) is 0 Å².